The number of ether oxygens (including phenoxy) is 2. The highest BCUT2D eigenvalue weighted by atomic mass is 16.5. The fraction of sp³-hybridized carbons (Fsp3) is 0.538. The second-order valence-electron chi connectivity index (χ2n) is 3.67. The molecule has 0 unspecified atom stereocenters. The minimum atomic E-state index is 0.354. The van der Waals surface area contributed by atoms with Crippen LogP contribution in [0.15, 0.2) is 6.07 Å². The highest BCUT2D eigenvalue weighted by Gasteiger charge is 2.05. The van der Waals surface area contributed by atoms with Crippen LogP contribution in [0.2, 0.25) is 0 Å². The first-order chi connectivity index (χ1) is 8.80. The SMILES string of the molecule is C#CCCOc1cc(NCCC)nc(COC)n1. The summed E-state index contributed by atoms with van der Waals surface area (Å²) in [6.07, 6.45) is 6.75. The third-order valence-electron chi connectivity index (χ3n) is 2.07. The summed E-state index contributed by atoms with van der Waals surface area (Å²) in [5.41, 5.74) is 0. The fourth-order valence-corrected chi connectivity index (χ4v) is 1.30. The van der Waals surface area contributed by atoms with Crippen LogP contribution in [-0.4, -0.2) is 30.2 Å². The van der Waals surface area contributed by atoms with E-state index in [1.54, 1.807) is 13.2 Å². The zero-order chi connectivity index (χ0) is 13.2. The molecule has 0 saturated carbocycles. The van der Waals surface area contributed by atoms with E-state index >= 15 is 0 Å². The maximum atomic E-state index is 5.46. The van der Waals surface area contributed by atoms with E-state index in [1.807, 2.05) is 0 Å². The summed E-state index contributed by atoms with van der Waals surface area (Å²) in [6.45, 7) is 3.75. The van der Waals surface area contributed by atoms with E-state index in [4.69, 9.17) is 15.9 Å². The number of rotatable bonds is 8. The number of nitrogens with zero attached hydrogens (tertiary/aromatic N) is 2. The van der Waals surface area contributed by atoms with Crippen LogP contribution in [0.25, 0.3) is 0 Å². The Kier molecular flexibility index (Phi) is 6.59. The average Bonchev–Trinajstić information content (AvgIpc) is 2.37. The van der Waals surface area contributed by atoms with Gasteiger partial charge in [0, 0.05) is 26.1 Å². The largest absolute Gasteiger partial charge is 0.477 e. The molecule has 0 radical (unpaired) electrons. The number of nitrogens with one attached hydrogen (secondary N) is 1. The van der Waals surface area contributed by atoms with E-state index in [0.717, 1.165) is 18.8 Å². The first-order valence-corrected chi connectivity index (χ1v) is 5.97. The molecule has 1 heterocycles. The predicted molar refractivity (Wildman–Crippen MR) is 70.5 cm³/mol. The highest BCUT2D eigenvalue weighted by Crippen LogP contribution is 2.14. The summed E-state index contributed by atoms with van der Waals surface area (Å²) in [5, 5.41) is 3.20. The van der Waals surface area contributed by atoms with Crippen molar-refractivity contribution < 1.29 is 9.47 Å². The molecule has 0 aromatic carbocycles. The van der Waals surface area contributed by atoms with Crippen molar-refractivity contribution in [2.45, 2.75) is 26.4 Å². The lowest BCUT2D eigenvalue weighted by Crippen LogP contribution is -2.08. The average molecular weight is 249 g/mol. The van der Waals surface area contributed by atoms with Crippen molar-refractivity contribution in [2.75, 3.05) is 25.6 Å². The van der Waals surface area contributed by atoms with Crippen LogP contribution in [0.5, 0.6) is 5.88 Å². The first kappa shape index (κ1) is 14.3. The van der Waals surface area contributed by atoms with Gasteiger partial charge in [0.2, 0.25) is 5.88 Å². The number of terminal acetylenes is 1. The van der Waals surface area contributed by atoms with Crippen molar-refractivity contribution >= 4 is 5.82 Å². The van der Waals surface area contributed by atoms with Crippen molar-refractivity contribution in [1.29, 1.82) is 0 Å². The third kappa shape index (κ3) is 5.02. The molecule has 0 amide bonds. The number of anilines is 1. The Morgan fingerprint density at radius 1 is 1.44 bits per heavy atom. The molecule has 5 nitrogen and oxygen atoms in total. The van der Waals surface area contributed by atoms with Gasteiger partial charge < -0.3 is 14.8 Å². The zero-order valence-corrected chi connectivity index (χ0v) is 10.9. The van der Waals surface area contributed by atoms with Crippen molar-refractivity contribution in [1.82, 2.24) is 9.97 Å². The Morgan fingerprint density at radius 3 is 2.94 bits per heavy atom. The maximum Gasteiger partial charge on any atom is 0.218 e. The van der Waals surface area contributed by atoms with Gasteiger partial charge in [-0.3, -0.25) is 0 Å². The van der Waals surface area contributed by atoms with Gasteiger partial charge >= 0.3 is 0 Å². The van der Waals surface area contributed by atoms with E-state index in [2.05, 4.69) is 28.1 Å². The molecule has 0 aliphatic carbocycles. The molecule has 5 heteroatoms. The van der Waals surface area contributed by atoms with Crippen LogP contribution >= 0.6 is 0 Å². The van der Waals surface area contributed by atoms with Gasteiger partial charge in [0.05, 0.1) is 0 Å². The Bertz CT molecular complexity index is 402. The standard InChI is InChI=1S/C13H19N3O2/c1-4-6-8-18-13-9-11(14-7-5-2)15-12(16-13)10-17-3/h1,9H,5-8,10H2,2-3H3,(H,14,15,16). The molecule has 18 heavy (non-hydrogen) atoms. The van der Waals surface area contributed by atoms with Crippen LogP contribution in [-0.2, 0) is 11.3 Å². The topological polar surface area (TPSA) is 56.3 Å². The molecule has 0 aliphatic rings. The van der Waals surface area contributed by atoms with Gasteiger partial charge in [0.25, 0.3) is 0 Å². The third-order valence-corrected chi connectivity index (χ3v) is 2.07. The summed E-state index contributed by atoms with van der Waals surface area (Å²) < 4.78 is 10.5. The zero-order valence-electron chi connectivity index (χ0n) is 10.9. The molecule has 0 aliphatic heterocycles. The van der Waals surface area contributed by atoms with Crippen LogP contribution in [0, 0.1) is 12.3 Å². The lowest BCUT2D eigenvalue weighted by atomic mass is 10.4. The normalized spacial score (nSPS) is 9.83. The summed E-state index contributed by atoms with van der Waals surface area (Å²) in [7, 11) is 1.61. The number of hydrogen-bond acceptors (Lipinski definition) is 5. The number of methoxy groups -OCH3 is 1. The molecular formula is C13H19N3O2. The Hall–Kier alpha value is -1.80. The van der Waals surface area contributed by atoms with Crippen LogP contribution in [0.1, 0.15) is 25.6 Å². The molecule has 0 fully saturated rings. The van der Waals surface area contributed by atoms with Gasteiger partial charge in [0.1, 0.15) is 19.0 Å². The van der Waals surface area contributed by atoms with Gasteiger partial charge in [-0.1, -0.05) is 6.92 Å². The molecule has 1 N–H and O–H groups in total. The molecule has 0 spiro atoms. The van der Waals surface area contributed by atoms with Crippen LogP contribution < -0.4 is 10.1 Å². The monoisotopic (exact) mass is 249 g/mol. The minimum absolute atomic E-state index is 0.354. The Labute approximate surface area is 108 Å². The molecular weight excluding hydrogens is 230 g/mol. The van der Waals surface area contributed by atoms with Crippen molar-refractivity contribution in [3.63, 3.8) is 0 Å². The van der Waals surface area contributed by atoms with Crippen LogP contribution in [0.4, 0.5) is 5.82 Å². The van der Waals surface area contributed by atoms with Gasteiger partial charge in [-0.15, -0.1) is 12.3 Å². The summed E-state index contributed by atoms with van der Waals surface area (Å²) in [5.74, 6) is 4.37. The minimum Gasteiger partial charge on any atom is -0.477 e. The van der Waals surface area contributed by atoms with Crippen molar-refractivity contribution in [2.24, 2.45) is 0 Å². The van der Waals surface area contributed by atoms with Crippen LogP contribution in [0.3, 0.4) is 0 Å². The molecule has 0 atom stereocenters. The van der Waals surface area contributed by atoms with Gasteiger partial charge in [-0.2, -0.15) is 4.98 Å². The lowest BCUT2D eigenvalue weighted by molar-refractivity contribution is 0.176. The lowest BCUT2D eigenvalue weighted by Gasteiger charge is -2.09. The second-order valence-corrected chi connectivity index (χ2v) is 3.67. The van der Waals surface area contributed by atoms with E-state index in [0.29, 0.717) is 31.3 Å². The number of aromatic nitrogens is 2. The molecule has 1 rings (SSSR count). The molecule has 1 aromatic rings. The highest BCUT2D eigenvalue weighted by molar-refractivity contribution is 5.38. The summed E-state index contributed by atoms with van der Waals surface area (Å²) in [6, 6.07) is 1.77. The first-order valence-electron chi connectivity index (χ1n) is 5.97. The van der Waals surface area contributed by atoms with Gasteiger partial charge in [-0.05, 0) is 6.42 Å². The smallest absolute Gasteiger partial charge is 0.218 e. The Morgan fingerprint density at radius 2 is 2.28 bits per heavy atom. The van der Waals surface area contributed by atoms with Gasteiger partial charge in [-0.25, -0.2) is 4.98 Å². The van der Waals surface area contributed by atoms with Gasteiger partial charge in [0.15, 0.2) is 5.82 Å². The molecule has 0 saturated heterocycles. The maximum absolute atomic E-state index is 5.46. The van der Waals surface area contributed by atoms with E-state index in [9.17, 15) is 0 Å². The van der Waals surface area contributed by atoms with Crippen molar-refractivity contribution in [3.8, 4) is 18.2 Å². The van der Waals surface area contributed by atoms with E-state index in [-0.39, 0.29) is 0 Å². The molecule has 1 aromatic heterocycles. The number of hydrogen-bond donors (Lipinski definition) is 1. The molecule has 0 bridgehead atoms. The Balaban J connectivity index is 2.74. The van der Waals surface area contributed by atoms with E-state index < -0.39 is 0 Å². The fourth-order valence-electron chi connectivity index (χ4n) is 1.30. The molecule has 98 valence electrons. The summed E-state index contributed by atoms with van der Waals surface area (Å²) in [4.78, 5) is 8.56. The van der Waals surface area contributed by atoms with Crippen molar-refractivity contribution in [3.05, 3.63) is 11.9 Å². The second kappa shape index (κ2) is 8.31. The predicted octanol–water partition coefficient (Wildman–Crippen LogP) is 1.85. The van der Waals surface area contributed by atoms with E-state index in [1.165, 1.54) is 0 Å². The quantitative estimate of drug-likeness (QED) is 0.563. The summed E-state index contributed by atoms with van der Waals surface area (Å²) >= 11 is 0.